The Bertz CT molecular complexity index is 302. The van der Waals surface area contributed by atoms with Gasteiger partial charge >= 0.3 is 6.09 Å². The molecule has 0 aliphatic carbocycles. The molecule has 1 amide bonds. The summed E-state index contributed by atoms with van der Waals surface area (Å²) in [5.41, 5.74) is 0. The minimum Gasteiger partial charge on any atom is -0.436 e. The summed E-state index contributed by atoms with van der Waals surface area (Å²) < 4.78 is 21.5. The molecule has 2 unspecified atom stereocenters. The van der Waals surface area contributed by atoms with Gasteiger partial charge in [0.25, 0.3) is 0 Å². The number of alkyl carbamates (subject to hydrolysis) is 1. The number of carbonyl (C=O) groups excluding carboxylic acids is 1. The molecule has 1 aromatic rings. The number of nitrogens with one attached hydrogen (secondary N) is 1. The van der Waals surface area contributed by atoms with Gasteiger partial charge in [-0.15, -0.1) is 0 Å². The number of nitrogens with zero attached hydrogens (tertiary/aromatic N) is 2. The van der Waals surface area contributed by atoms with Crippen LogP contribution in [0.2, 0.25) is 0 Å². The van der Waals surface area contributed by atoms with Gasteiger partial charge in [0.2, 0.25) is 12.2 Å². The summed E-state index contributed by atoms with van der Waals surface area (Å²) in [6.07, 6.45) is -0.370. The van der Waals surface area contributed by atoms with E-state index in [1.165, 1.54) is 0 Å². The van der Waals surface area contributed by atoms with Crippen molar-refractivity contribution in [3.8, 4) is 0 Å². The first-order valence-corrected chi connectivity index (χ1v) is 3.60. The van der Waals surface area contributed by atoms with Crippen molar-refractivity contribution in [3.63, 3.8) is 0 Å². The van der Waals surface area contributed by atoms with E-state index in [0.717, 1.165) is 6.39 Å². The Balaban J connectivity index is 2.19. The molecule has 1 N–H and O–H groups in total. The van der Waals surface area contributed by atoms with Crippen LogP contribution in [-0.2, 0) is 4.74 Å². The molecular formula is C6H6FN3O3. The van der Waals surface area contributed by atoms with Crippen LogP contribution < -0.4 is 5.32 Å². The number of ether oxygens (including phenoxy) is 1. The maximum Gasteiger partial charge on any atom is 0.408 e. The maximum atomic E-state index is 12.3. The molecule has 1 aromatic heterocycles. The Morgan fingerprint density at radius 1 is 1.69 bits per heavy atom. The number of aromatic nitrogens is 2. The van der Waals surface area contributed by atoms with Crippen LogP contribution in [0.1, 0.15) is 11.9 Å². The van der Waals surface area contributed by atoms with Crippen molar-refractivity contribution in [1.29, 1.82) is 0 Å². The summed E-state index contributed by atoms with van der Waals surface area (Å²) in [4.78, 5) is 14.4. The number of halogens is 1. The van der Waals surface area contributed by atoms with Gasteiger partial charge in [-0.2, -0.15) is 4.98 Å². The third kappa shape index (κ3) is 1.32. The van der Waals surface area contributed by atoms with Crippen molar-refractivity contribution < 1.29 is 18.4 Å². The van der Waals surface area contributed by atoms with E-state index in [-0.39, 0.29) is 5.82 Å². The average Bonchev–Trinajstić information content (AvgIpc) is 2.71. The van der Waals surface area contributed by atoms with Crippen LogP contribution in [0.3, 0.4) is 0 Å². The summed E-state index contributed by atoms with van der Waals surface area (Å²) in [6.45, 7) is -0.731. The van der Waals surface area contributed by atoms with Gasteiger partial charge in [0.1, 0.15) is 12.7 Å². The summed E-state index contributed by atoms with van der Waals surface area (Å²) >= 11 is 0. The monoisotopic (exact) mass is 187 g/mol. The lowest BCUT2D eigenvalue weighted by Gasteiger charge is -2.08. The van der Waals surface area contributed by atoms with Gasteiger partial charge in [-0.05, 0) is 0 Å². The fourth-order valence-corrected chi connectivity index (χ4v) is 1.11. The molecule has 0 radical (unpaired) electrons. The third-order valence-electron chi connectivity index (χ3n) is 1.70. The van der Waals surface area contributed by atoms with Crippen molar-refractivity contribution in [1.82, 2.24) is 15.5 Å². The summed E-state index contributed by atoms with van der Waals surface area (Å²) in [6, 6.07) is -0.731. The Hall–Kier alpha value is -1.66. The average molecular weight is 187 g/mol. The highest BCUT2D eigenvalue weighted by atomic mass is 19.1. The fraction of sp³-hybridized carbons (Fsp3) is 0.500. The Morgan fingerprint density at radius 2 is 2.54 bits per heavy atom. The van der Waals surface area contributed by atoms with Crippen LogP contribution in [0.4, 0.5) is 9.18 Å². The summed E-state index contributed by atoms with van der Waals surface area (Å²) in [7, 11) is 0. The molecule has 1 saturated heterocycles. The normalized spacial score (nSPS) is 27.0. The molecule has 0 aromatic carbocycles. The van der Waals surface area contributed by atoms with Crippen LogP contribution in [0.25, 0.3) is 0 Å². The summed E-state index contributed by atoms with van der Waals surface area (Å²) in [5.74, 6) is 0.168. The smallest absolute Gasteiger partial charge is 0.408 e. The van der Waals surface area contributed by atoms with E-state index >= 15 is 0 Å². The van der Waals surface area contributed by atoms with Gasteiger partial charge < -0.3 is 14.6 Å². The molecule has 0 bridgehead atoms. The molecule has 1 aliphatic rings. The van der Waals surface area contributed by atoms with E-state index in [0.29, 0.717) is 0 Å². The van der Waals surface area contributed by atoms with E-state index in [1.54, 1.807) is 0 Å². The third-order valence-corrected chi connectivity index (χ3v) is 1.70. The van der Waals surface area contributed by atoms with Crippen molar-refractivity contribution >= 4 is 6.09 Å². The number of hydrogen-bond acceptors (Lipinski definition) is 5. The molecule has 2 rings (SSSR count). The quantitative estimate of drug-likeness (QED) is 0.714. The number of alkyl halides is 1. The zero-order valence-electron chi connectivity index (χ0n) is 6.44. The SMILES string of the molecule is O=C1NC(CF)C(c2ncon2)O1. The van der Waals surface area contributed by atoms with Crippen LogP contribution in [-0.4, -0.2) is 29.0 Å². The lowest BCUT2D eigenvalue weighted by atomic mass is 10.2. The first-order chi connectivity index (χ1) is 6.31. The highest BCUT2D eigenvalue weighted by Gasteiger charge is 2.38. The highest BCUT2D eigenvalue weighted by molar-refractivity contribution is 5.70. The first kappa shape index (κ1) is 7.96. The van der Waals surface area contributed by atoms with Crippen LogP contribution in [0.5, 0.6) is 0 Å². The predicted octanol–water partition coefficient (Wildman–Crippen LogP) is 0.189. The molecule has 1 aliphatic heterocycles. The Labute approximate surface area is 72.1 Å². The van der Waals surface area contributed by atoms with Gasteiger partial charge in [-0.25, -0.2) is 9.18 Å². The minimum absolute atomic E-state index is 0.168. The van der Waals surface area contributed by atoms with E-state index in [4.69, 9.17) is 4.74 Å². The van der Waals surface area contributed by atoms with Crippen molar-refractivity contribution in [2.24, 2.45) is 0 Å². The number of hydrogen-bond donors (Lipinski definition) is 1. The van der Waals surface area contributed by atoms with Crippen molar-refractivity contribution in [3.05, 3.63) is 12.2 Å². The van der Waals surface area contributed by atoms with Gasteiger partial charge in [-0.3, -0.25) is 0 Å². The van der Waals surface area contributed by atoms with Crippen LogP contribution in [0.15, 0.2) is 10.9 Å². The van der Waals surface area contributed by atoms with Crippen LogP contribution in [0, 0.1) is 0 Å². The summed E-state index contributed by atoms with van der Waals surface area (Å²) in [5, 5.41) is 5.74. The Morgan fingerprint density at radius 3 is 3.15 bits per heavy atom. The number of rotatable bonds is 2. The lowest BCUT2D eigenvalue weighted by Crippen LogP contribution is -2.29. The lowest BCUT2D eigenvalue weighted by molar-refractivity contribution is 0.121. The van der Waals surface area contributed by atoms with Gasteiger partial charge in [0.05, 0.1) is 0 Å². The zero-order chi connectivity index (χ0) is 9.26. The second kappa shape index (κ2) is 3.00. The standard InChI is InChI=1S/C6H6FN3O3/c7-1-3-4(13-6(11)9-3)5-8-2-12-10-5/h2-4H,1H2,(H,9,11). The van der Waals surface area contributed by atoms with Gasteiger partial charge in [-0.1, -0.05) is 5.16 Å². The van der Waals surface area contributed by atoms with E-state index in [9.17, 15) is 9.18 Å². The number of carbonyl (C=O) groups is 1. The molecule has 2 atom stereocenters. The molecule has 6 nitrogen and oxygen atoms in total. The molecular weight excluding hydrogens is 181 g/mol. The molecule has 70 valence electrons. The number of amides is 1. The van der Waals surface area contributed by atoms with Gasteiger partial charge in [0, 0.05) is 0 Å². The van der Waals surface area contributed by atoms with E-state index in [2.05, 4.69) is 20.0 Å². The minimum atomic E-state index is -0.795. The van der Waals surface area contributed by atoms with Crippen molar-refractivity contribution in [2.45, 2.75) is 12.1 Å². The molecule has 0 saturated carbocycles. The van der Waals surface area contributed by atoms with E-state index < -0.39 is 24.9 Å². The topological polar surface area (TPSA) is 77.3 Å². The van der Waals surface area contributed by atoms with Crippen molar-refractivity contribution in [2.75, 3.05) is 6.67 Å². The first-order valence-electron chi connectivity index (χ1n) is 3.60. The largest absolute Gasteiger partial charge is 0.436 e. The zero-order valence-corrected chi connectivity index (χ0v) is 6.44. The second-order valence-electron chi connectivity index (χ2n) is 2.52. The molecule has 7 heteroatoms. The molecule has 13 heavy (non-hydrogen) atoms. The maximum absolute atomic E-state index is 12.3. The molecule has 1 fully saturated rings. The number of cyclic esters (lactones) is 1. The molecule has 0 spiro atoms. The highest BCUT2D eigenvalue weighted by Crippen LogP contribution is 2.23. The molecule has 2 heterocycles. The van der Waals surface area contributed by atoms with Crippen LogP contribution >= 0.6 is 0 Å². The predicted molar refractivity (Wildman–Crippen MR) is 36.4 cm³/mol. The second-order valence-corrected chi connectivity index (χ2v) is 2.52. The Kier molecular flexibility index (Phi) is 1.84. The van der Waals surface area contributed by atoms with E-state index in [1.807, 2.05) is 0 Å². The fourth-order valence-electron chi connectivity index (χ4n) is 1.11. The van der Waals surface area contributed by atoms with Gasteiger partial charge in [0.15, 0.2) is 6.10 Å².